The Labute approximate surface area is 149 Å². The number of allylic oxidation sites excluding steroid dienone is 3. The number of benzene rings is 2. The molecule has 0 saturated carbocycles. The maximum atomic E-state index is 4.00. The first-order chi connectivity index (χ1) is 11.8. The molecule has 0 bridgehead atoms. The Morgan fingerprint density at radius 3 is 1.75 bits per heavy atom. The van der Waals surface area contributed by atoms with E-state index in [4.69, 9.17) is 0 Å². The van der Waals surface area contributed by atoms with Crippen LogP contribution in [0, 0.1) is 0 Å². The van der Waals surface area contributed by atoms with Gasteiger partial charge in [0.05, 0.1) is 0 Å². The van der Waals surface area contributed by atoms with Crippen molar-refractivity contribution < 1.29 is 0 Å². The molecule has 1 heteroatoms. The molecule has 0 aliphatic heterocycles. The molecule has 24 heavy (non-hydrogen) atoms. The van der Waals surface area contributed by atoms with Gasteiger partial charge in [-0.3, -0.25) is 0 Å². The van der Waals surface area contributed by atoms with Crippen molar-refractivity contribution in [2.75, 3.05) is 0 Å². The summed E-state index contributed by atoms with van der Waals surface area (Å²) in [6.45, 7) is 8.57. The average molecular weight is 336 g/mol. The Morgan fingerprint density at radius 2 is 1.33 bits per heavy atom. The van der Waals surface area contributed by atoms with E-state index in [1.165, 1.54) is 36.3 Å². The summed E-state index contributed by atoms with van der Waals surface area (Å²) in [5.74, 6) is 0. The normalized spacial score (nSPS) is 12.1. The van der Waals surface area contributed by atoms with Gasteiger partial charge in [0.1, 0.15) is 0 Å². The molecule has 0 saturated heterocycles. The quantitative estimate of drug-likeness (QED) is 0.360. The van der Waals surface area contributed by atoms with Crippen molar-refractivity contribution in [3.05, 3.63) is 84.2 Å². The predicted octanol–water partition coefficient (Wildman–Crippen LogP) is 6.55. The Morgan fingerprint density at radius 1 is 0.833 bits per heavy atom. The van der Waals surface area contributed by atoms with Gasteiger partial charge in [-0.15, -0.1) is 6.58 Å². The second kappa shape index (κ2) is 10.3. The average Bonchev–Trinajstić information content (AvgIpc) is 2.63. The van der Waals surface area contributed by atoms with Crippen molar-refractivity contribution in [3.63, 3.8) is 0 Å². The van der Waals surface area contributed by atoms with Gasteiger partial charge in [0.2, 0.25) is 0 Å². The van der Waals surface area contributed by atoms with Crippen molar-refractivity contribution in [1.82, 2.24) is 0 Å². The monoisotopic (exact) mass is 336 g/mol. The van der Waals surface area contributed by atoms with Crippen molar-refractivity contribution >= 4 is 18.5 Å². The first kappa shape index (κ1) is 18.7. The third-order valence-electron chi connectivity index (χ3n) is 4.14. The lowest BCUT2D eigenvalue weighted by atomic mass is 10.1. The van der Waals surface area contributed by atoms with E-state index in [-0.39, 0.29) is 0 Å². The number of hydrogen-bond donors (Lipinski definition) is 0. The van der Waals surface area contributed by atoms with Crippen molar-refractivity contribution in [1.29, 1.82) is 0 Å². The van der Waals surface area contributed by atoms with Gasteiger partial charge < -0.3 is 0 Å². The zero-order valence-electron chi connectivity index (χ0n) is 15.0. The van der Waals surface area contributed by atoms with Crippen LogP contribution in [0.15, 0.2) is 84.2 Å². The van der Waals surface area contributed by atoms with Crippen LogP contribution in [0.3, 0.4) is 0 Å². The topological polar surface area (TPSA) is 0 Å². The Hall–Kier alpha value is -1.65. The van der Waals surface area contributed by atoms with E-state index in [2.05, 4.69) is 87.2 Å². The van der Waals surface area contributed by atoms with Crippen LogP contribution in [0.5, 0.6) is 0 Å². The standard InChI is InChI=1S/C23H29P/c1-4-13-20(14-5-2)23(15-6-3)24(21-16-9-7-10-17-21)22-18-11-8-12-19-22/h4,7-12,16-19H,1,5-6,13-15H2,2-3H3/b23-20+. The molecule has 0 spiro atoms. The van der Waals surface area contributed by atoms with Crippen LogP contribution in [0.1, 0.15) is 46.0 Å². The fourth-order valence-electron chi connectivity index (χ4n) is 3.14. The molecule has 2 aromatic carbocycles. The molecule has 0 unspecified atom stereocenters. The Balaban J connectivity index is 2.61. The van der Waals surface area contributed by atoms with Crippen molar-refractivity contribution in [3.8, 4) is 0 Å². The molecule has 0 aromatic heterocycles. The van der Waals surface area contributed by atoms with Gasteiger partial charge in [-0.05, 0) is 43.1 Å². The highest BCUT2D eigenvalue weighted by molar-refractivity contribution is 7.76. The maximum absolute atomic E-state index is 4.00. The third-order valence-corrected chi connectivity index (χ3v) is 6.84. The SMILES string of the molecule is C=CC/C(CCC)=C(/CCC)P(c1ccccc1)c1ccccc1. The number of hydrogen-bond acceptors (Lipinski definition) is 0. The second-order valence-electron chi connectivity index (χ2n) is 6.05. The fourth-order valence-corrected chi connectivity index (χ4v) is 5.97. The van der Waals surface area contributed by atoms with E-state index in [0.29, 0.717) is 0 Å². The third kappa shape index (κ3) is 4.92. The van der Waals surface area contributed by atoms with Gasteiger partial charge >= 0.3 is 0 Å². The van der Waals surface area contributed by atoms with Gasteiger partial charge in [-0.1, -0.05) is 99.0 Å². The molecule has 0 nitrogen and oxygen atoms in total. The van der Waals surface area contributed by atoms with E-state index in [1.807, 2.05) is 0 Å². The van der Waals surface area contributed by atoms with Crippen LogP contribution in [0.4, 0.5) is 0 Å². The smallest absolute Gasteiger partial charge is 0.0135 e. The van der Waals surface area contributed by atoms with Gasteiger partial charge in [0, 0.05) is 0 Å². The summed E-state index contributed by atoms with van der Waals surface area (Å²) in [6.07, 6.45) is 7.84. The molecule has 0 radical (unpaired) electrons. The van der Waals surface area contributed by atoms with Gasteiger partial charge in [0.15, 0.2) is 0 Å². The summed E-state index contributed by atoms with van der Waals surface area (Å²) in [5.41, 5.74) is 1.60. The first-order valence-corrected chi connectivity index (χ1v) is 10.4. The Kier molecular flexibility index (Phi) is 7.99. The lowest BCUT2D eigenvalue weighted by Crippen LogP contribution is -2.14. The minimum Gasteiger partial charge on any atom is -0.103 e. The van der Waals surface area contributed by atoms with Gasteiger partial charge in [0.25, 0.3) is 0 Å². The lowest BCUT2D eigenvalue weighted by molar-refractivity contribution is 0.845. The second-order valence-corrected chi connectivity index (χ2v) is 8.29. The molecule has 126 valence electrons. The molecule has 0 fully saturated rings. The van der Waals surface area contributed by atoms with E-state index < -0.39 is 7.92 Å². The molecular weight excluding hydrogens is 307 g/mol. The van der Waals surface area contributed by atoms with Crippen LogP contribution in [-0.2, 0) is 0 Å². The van der Waals surface area contributed by atoms with Crippen molar-refractivity contribution in [2.45, 2.75) is 46.0 Å². The summed E-state index contributed by atoms with van der Waals surface area (Å²) >= 11 is 0. The van der Waals surface area contributed by atoms with Crippen LogP contribution < -0.4 is 10.6 Å². The summed E-state index contributed by atoms with van der Waals surface area (Å²) in [5, 5.41) is 4.58. The summed E-state index contributed by atoms with van der Waals surface area (Å²) < 4.78 is 0. The van der Waals surface area contributed by atoms with E-state index >= 15 is 0 Å². The molecule has 0 heterocycles. The predicted molar refractivity (Wildman–Crippen MR) is 111 cm³/mol. The van der Waals surface area contributed by atoms with Crippen LogP contribution in [0.25, 0.3) is 0 Å². The fraction of sp³-hybridized carbons (Fsp3) is 0.304. The molecular formula is C23H29P. The molecule has 0 atom stereocenters. The lowest BCUT2D eigenvalue weighted by Gasteiger charge is -2.25. The van der Waals surface area contributed by atoms with E-state index in [0.717, 1.165) is 6.42 Å². The first-order valence-electron chi connectivity index (χ1n) is 9.03. The minimum absolute atomic E-state index is 0.451. The summed E-state index contributed by atoms with van der Waals surface area (Å²) in [4.78, 5) is 0. The molecule has 0 aliphatic rings. The highest BCUT2D eigenvalue weighted by Crippen LogP contribution is 2.48. The van der Waals surface area contributed by atoms with E-state index in [1.54, 1.807) is 10.9 Å². The highest BCUT2D eigenvalue weighted by Gasteiger charge is 2.20. The molecule has 2 aromatic rings. The summed E-state index contributed by atoms with van der Waals surface area (Å²) in [6, 6.07) is 22.1. The van der Waals surface area contributed by atoms with Crippen LogP contribution in [-0.4, -0.2) is 0 Å². The molecule has 0 amide bonds. The largest absolute Gasteiger partial charge is 0.103 e. The van der Waals surface area contributed by atoms with E-state index in [9.17, 15) is 0 Å². The van der Waals surface area contributed by atoms with Crippen LogP contribution in [0.2, 0.25) is 0 Å². The Bertz CT molecular complexity index is 601. The highest BCUT2D eigenvalue weighted by atomic mass is 31.1. The maximum Gasteiger partial charge on any atom is -0.0135 e. The molecule has 0 aliphatic carbocycles. The number of rotatable bonds is 9. The summed E-state index contributed by atoms with van der Waals surface area (Å²) in [7, 11) is -0.451. The minimum atomic E-state index is -0.451. The van der Waals surface area contributed by atoms with Gasteiger partial charge in [-0.25, -0.2) is 0 Å². The molecule has 2 rings (SSSR count). The van der Waals surface area contributed by atoms with Gasteiger partial charge in [-0.2, -0.15) is 0 Å². The van der Waals surface area contributed by atoms with Crippen molar-refractivity contribution in [2.24, 2.45) is 0 Å². The zero-order chi connectivity index (χ0) is 17.2. The molecule has 0 N–H and O–H groups in total. The van der Waals surface area contributed by atoms with Crippen LogP contribution >= 0.6 is 7.92 Å². The zero-order valence-corrected chi connectivity index (χ0v) is 15.9.